The molecule has 0 saturated carbocycles. The summed E-state index contributed by atoms with van der Waals surface area (Å²) >= 11 is 0. The first-order chi connectivity index (χ1) is 8.75. The fourth-order valence-electron chi connectivity index (χ4n) is 2.40. The molecule has 2 rings (SSSR count). The van der Waals surface area contributed by atoms with Gasteiger partial charge < -0.3 is 15.0 Å². The van der Waals surface area contributed by atoms with Crippen LogP contribution in [-0.4, -0.2) is 43.7 Å². The molecule has 1 saturated heterocycles. The summed E-state index contributed by atoms with van der Waals surface area (Å²) in [6.45, 7) is 9.71. The molecular formula is C15H24N2O. The first-order valence-corrected chi connectivity index (χ1v) is 6.90. The topological polar surface area (TPSA) is 24.5 Å². The molecule has 3 heteroatoms. The zero-order valence-corrected chi connectivity index (χ0v) is 11.5. The van der Waals surface area contributed by atoms with E-state index >= 15 is 0 Å². The molecular weight excluding hydrogens is 224 g/mol. The number of hydrogen-bond acceptors (Lipinski definition) is 3. The number of aryl methyl sites for hydroxylation is 1. The Morgan fingerprint density at radius 1 is 1.39 bits per heavy atom. The van der Waals surface area contributed by atoms with Crippen LogP contribution in [0.2, 0.25) is 0 Å². The van der Waals surface area contributed by atoms with Crippen LogP contribution >= 0.6 is 0 Å². The van der Waals surface area contributed by atoms with E-state index in [4.69, 9.17) is 4.74 Å². The van der Waals surface area contributed by atoms with Crippen molar-refractivity contribution in [2.75, 3.05) is 32.8 Å². The molecule has 18 heavy (non-hydrogen) atoms. The van der Waals surface area contributed by atoms with E-state index in [2.05, 4.69) is 30.1 Å². The lowest BCUT2D eigenvalue weighted by molar-refractivity contribution is 0.189. The van der Waals surface area contributed by atoms with E-state index in [-0.39, 0.29) is 0 Å². The van der Waals surface area contributed by atoms with Crippen LogP contribution < -0.4 is 10.1 Å². The van der Waals surface area contributed by atoms with Crippen molar-refractivity contribution in [3.8, 4) is 5.75 Å². The van der Waals surface area contributed by atoms with Gasteiger partial charge in [-0.3, -0.25) is 0 Å². The van der Waals surface area contributed by atoms with Crippen LogP contribution in [0, 0.1) is 6.92 Å². The zero-order chi connectivity index (χ0) is 12.8. The Morgan fingerprint density at radius 2 is 2.22 bits per heavy atom. The second kappa shape index (κ2) is 6.76. The molecule has 1 heterocycles. The fourth-order valence-corrected chi connectivity index (χ4v) is 2.40. The SMILES string of the molecule is Cc1ccccc1OCCCN1CCN[C@H](C)C1. The van der Waals surface area contributed by atoms with Gasteiger partial charge in [-0.1, -0.05) is 18.2 Å². The Bertz CT molecular complexity index is 367. The zero-order valence-electron chi connectivity index (χ0n) is 11.5. The molecule has 1 aromatic rings. The van der Waals surface area contributed by atoms with E-state index in [0.717, 1.165) is 45.0 Å². The molecule has 0 bridgehead atoms. The van der Waals surface area contributed by atoms with Gasteiger partial charge in [-0.15, -0.1) is 0 Å². The fraction of sp³-hybridized carbons (Fsp3) is 0.600. The van der Waals surface area contributed by atoms with Gasteiger partial charge in [0.25, 0.3) is 0 Å². The van der Waals surface area contributed by atoms with Crippen molar-refractivity contribution in [1.29, 1.82) is 0 Å². The second-order valence-electron chi connectivity index (χ2n) is 5.12. The van der Waals surface area contributed by atoms with Gasteiger partial charge in [0, 0.05) is 32.2 Å². The molecule has 1 fully saturated rings. The van der Waals surface area contributed by atoms with Crippen LogP contribution in [-0.2, 0) is 0 Å². The lowest BCUT2D eigenvalue weighted by Crippen LogP contribution is -2.49. The van der Waals surface area contributed by atoms with E-state index in [1.807, 2.05) is 18.2 Å². The highest BCUT2D eigenvalue weighted by Gasteiger charge is 2.14. The minimum atomic E-state index is 0.621. The normalized spacial score (nSPS) is 20.9. The third-order valence-corrected chi connectivity index (χ3v) is 3.42. The highest BCUT2D eigenvalue weighted by molar-refractivity contribution is 5.31. The van der Waals surface area contributed by atoms with Gasteiger partial charge in [0.2, 0.25) is 0 Å². The van der Waals surface area contributed by atoms with Crippen molar-refractivity contribution in [2.24, 2.45) is 0 Å². The second-order valence-corrected chi connectivity index (χ2v) is 5.12. The molecule has 100 valence electrons. The molecule has 0 aromatic heterocycles. The summed E-state index contributed by atoms with van der Waals surface area (Å²) in [5.74, 6) is 1.02. The van der Waals surface area contributed by atoms with Crippen LogP contribution in [0.15, 0.2) is 24.3 Å². The van der Waals surface area contributed by atoms with Crippen molar-refractivity contribution in [1.82, 2.24) is 10.2 Å². The van der Waals surface area contributed by atoms with Gasteiger partial charge in [-0.25, -0.2) is 0 Å². The molecule has 1 aromatic carbocycles. The first-order valence-electron chi connectivity index (χ1n) is 6.90. The highest BCUT2D eigenvalue weighted by Crippen LogP contribution is 2.16. The van der Waals surface area contributed by atoms with Crippen LogP contribution in [0.5, 0.6) is 5.75 Å². The average Bonchev–Trinajstić information content (AvgIpc) is 2.37. The summed E-state index contributed by atoms with van der Waals surface area (Å²) in [5, 5.41) is 3.46. The van der Waals surface area contributed by atoms with Crippen LogP contribution in [0.1, 0.15) is 18.9 Å². The Kier molecular flexibility index (Phi) is 5.02. The molecule has 1 aliphatic heterocycles. The third-order valence-electron chi connectivity index (χ3n) is 3.42. The number of para-hydroxylation sites is 1. The van der Waals surface area contributed by atoms with E-state index < -0.39 is 0 Å². The number of rotatable bonds is 5. The Labute approximate surface area is 110 Å². The van der Waals surface area contributed by atoms with Crippen molar-refractivity contribution in [3.63, 3.8) is 0 Å². The molecule has 1 atom stereocenters. The van der Waals surface area contributed by atoms with Crippen molar-refractivity contribution in [2.45, 2.75) is 26.3 Å². The first kappa shape index (κ1) is 13.4. The lowest BCUT2D eigenvalue weighted by Gasteiger charge is -2.31. The molecule has 1 aliphatic rings. The largest absolute Gasteiger partial charge is 0.493 e. The monoisotopic (exact) mass is 248 g/mol. The number of benzene rings is 1. The summed E-state index contributed by atoms with van der Waals surface area (Å²) in [4.78, 5) is 2.52. The lowest BCUT2D eigenvalue weighted by atomic mass is 10.2. The van der Waals surface area contributed by atoms with Gasteiger partial charge in [0.1, 0.15) is 5.75 Å². The smallest absolute Gasteiger partial charge is 0.122 e. The number of ether oxygens (including phenoxy) is 1. The van der Waals surface area contributed by atoms with E-state index in [0.29, 0.717) is 6.04 Å². The predicted octanol–water partition coefficient (Wildman–Crippen LogP) is 2.06. The Balaban J connectivity index is 1.65. The summed E-state index contributed by atoms with van der Waals surface area (Å²) in [7, 11) is 0. The molecule has 1 N–H and O–H groups in total. The van der Waals surface area contributed by atoms with Crippen molar-refractivity contribution < 1.29 is 4.74 Å². The standard InChI is InChI=1S/C15H24N2O/c1-13-6-3-4-7-15(13)18-11-5-9-17-10-8-16-14(2)12-17/h3-4,6-7,14,16H,5,8-12H2,1-2H3/t14-/m1/s1. The quantitative estimate of drug-likeness (QED) is 0.807. The average molecular weight is 248 g/mol. The molecule has 0 aliphatic carbocycles. The minimum absolute atomic E-state index is 0.621. The minimum Gasteiger partial charge on any atom is -0.493 e. The van der Waals surface area contributed by atoms with Gasteiger partial charge in [-0.2, -0.15) is 0 Å². The maximum atomic E-state index is 5.81. The van der Waals surface area contributed by atoms with Gasteiger partial charge >= 0.3 is 0 Å². The summed E-state index contributed by atoms with van der Waals surface area (Å²) in [6.07, 6.45) is 1.10. The third kappa shape index (κ3) is 4.00. The number of nitrogens with zero attached hydrogens (tertiary/aromatic N) is 1. The molecule has 0 amide bonds. The van der Waals surface area contributed by atoms with Gasteiger partial charge in [0.15, 0.2) is 0 Å². The predicted molar refractivity (Wildman–Crippen MR) is 75.2 cm³/mol. The van der Waals surface area contributed by atoms with E-state index in [9.17, 15) is 0 Å². The Morgan fingerprint density at radius 3 is 3.00 bits per heavy atom. The Hall–Kier alpha value is -1.06. The maximum absolute atomic E-state index is 5.81. The van der Waals surface area contributed by atoms with E-state index in [1.165, 1.54) is 5.56 Å². The molecule has 0 radical (unpaired) electrons. The van der Waals surface area contributed by atoms with Crippen molar-refractivity contribution >= 4 is 0 Å². The summed E-state index contributed by atoms with van der Waals surface area (Å²) in [5.41, 5.74) is 1.22. The van der Waals surface area contributed by atoms with Gasteiger partial charge in [0.05, 0.1) is 6.61 Å². The summed E-state index contributed by atoms with van der Waals surface area (Å²) < 4.78 is 5.81. The molecule has 3 nitrogen and oxygen atoms in total. The van der Waals surface area contributed by atoms with Crippen molar-refractivity contribution in [3.05, 3.63) is 29.8 Å². The van der Waals surface area contributed by atoms with Gasteiger partial charge in [-0.05, 0) is 31.9 Å². The highest BCUT2D eigenvalue weighted by atomic mass is 16.5. The van der Waals surface area contributed by atoms with Crippen LogP contribution in [0.3, 0.4) is 0 Å². The molecule has 0 spiro atoms. The van der Waals surface area contributed by atoms with Crippen LogP contribution in [0.25, 0.3) is 0 Å². The van der Waals surface area contributed by atoms with E-state index in [1.54, 1.807) is 0 Å². The molecule has 0 unspecified atom stereocenters. The maximum Gasteiger partial charge on any atom is 0.122 e. The number of hydrogen-bond donors (Lipinski definition) is 1. The summed E-state index contributed by atoms with van der Waals surface area (Å²) in [6, 6.07) is 8.83. The number of nitrogens with one attached hydrogen (secondary N) is 1. The number of piperazine rings is 1. The van der Waals surface area contributed by atoms with Crippen LogP contribution in [0.4, 0.5) is 0 Å².